The monoisotopic (exact) mass is 268 g/mol. The minimum Gasteiger partial charge on any atom is -0.312 e. The standard InChI is InChI=1S/C13H12N6O/c1-8(20)19-5-4-10-6-9(2-3-12(10)19)11-7-13(16-15-11)17-18-14/h2-3,6-7H,4-5H2,1H3,(H,15,16). The molecule has 0 unspecified atom stereocenters. The molecule has 0 atom stereocenters. The van der Waals surface area contributed by atoms with E-state index in [0.29, 0.717) is 5.82 Å². The first-order chi connectivity index (χ1) is 9.69. The molecule has 20 heavy (non-hydrogen) atoms. The van der Waals surface area contributed by atoms with Gasteiger partial charge in [-0.3, -0.25) is 9.89 Å². The number of rotatable bonds is 2. The highest BCUT2D eigenvalue weighted by Gasteiger charge is 2.22. The fourth-order valence-electron chi connectivity index (χ4n) is 2.45. The van der Waals surface area contributed by atoms with Gasteiger partial charge in [-0.15, -0.1) is 0 Å². The van der Waals surface area contributed by atoms with Crippen molar-refractivity contribution in [3.8, 4) is 11.3 Å². The molecular weight excluding hydrogens is 256 g/mol. The summed E-state index contributed by atoms with van der Waals surface area (Å²) in [4.78, 5) is 16.0. The van der Waals surface area contributed by atoms with Crippen LogP contribution in [-0.4, -0.2) is 22.6 Å². The van der Waals surface area contributed by atoms with Gasteiger partial charge >= 0.3 is 0 Å². The lowest BCUT2D eigenvalue weighted by molar-refractivity contribution is -0.116. The third-order valence-corrected chi connectivity index (χ3v) is 3.37. The van der Waals surface area contributed by atoms with Crippen LogP contribution in [0.25, 0.3) is 21.7 Å². The molecule has 1 aliphatic rings. The molecule has 0 fully saturated rings. The number of aromatic nitrogens is 2. The van der Waals surface area contributed by atoms with Gasteiger partial charge in [0.25, 0.3) is 0 Å². The topological polar surface area (TPSA) is 97.8 Å². The minimum atomic E-state index is 0.0573. The number of amides is 1. The summed E-state index contributed by atoms with van der Waals surface area (Å²) in [5, 5.41) is 10.2. The fourth-order valence-corrected chi connectivity index (χ4v) is 2.45. The number of fused-ring (bicyclic) bond motifs is 1. The normalized spacial score (nSPS) is 12.9. The summed E-state index contributed by atoms with van der Waals surface area (Å²) in [6.07, 6.45) is 0.844. The van der Waals surface area contributed by atoms with Gasteiger partial charge in [0.1, 0.15) is 5.82 Å². The summed E-state index contributed by atoms with van der Waals surface area (Å²) >= 11 is 0. The van der Waals surface area contributed by atoms with Crippen LogP contribution in [-0.2, 0) is 11.2 Å². The lowest BCUT2D eigenvalue weighted by atomic mass is 10.1. The number of azide groups is 1. The number of hydrogen-bond acceptors (Lipinski definition) is 3. The number of H-pyrrole nitrogens is 1. The van der Waals surface area contributed by atoms with Crippen molar-refractivity contribution in [2.75, 3.05) is 11.4 Å². The van der Waals surface area contributed by atoms with Crippen LogP contribution < -0.4 is 4.90 Å². The van der Waals surface area contributed by atoms with Gasteiger partial charge in [0, 0.05) is 29.6 Å². The van der Waals surface area contributed by atoms with Crippen molar-refractivity contribution in [2.24, 2.45) is 5.11 Å². The van der Waals surface area contributed by atoms with Gasteiger partial charge in [0.2, 0.25) is 5.91 Å². The highest BCUT2D eigenvalue weighted by Crippen LogP contribution is 2.32. The largest absolute Gasteiger partial charge is 0.312 e. The Balaban J connectivity index is 1.97. The zero-order valence-corrected chi connectivity index (χ0v) is 10.9. The molecule has 7 nitrogen and oxygen atoms in total. The van der Waals surface area contributed by atoms with Gasteiger partial charge in [-0.05, 0) is 40.8 Å². The number of anilines is 1. The Morgan fingerprint density at radius 1 is 1.50 bits per heavy atom. The van der Waals surface area contributed by atoms with Crippen LogP contribution in [0.4, 0.5) is 11.5 Å². The SMILES string of the molecule is CC(=O)N1CCc2cc(-c3cc(N=[N+]=[N-])[nH]n3)ccc21. The van der Waals surface area contributed by atoms with Crippen molar-refractivity contribution >= 4 is 17.4 Å². The summed E-state index contributed by atoms with van der Waals surface area (Å²) in [6, 6.07) is 7.56. The molecule has 2 aromatic rings. The summed E-state index contributed by atoms with van der Waals surface area (Å²) in [5.74, 6) is 0.440. The Hall–Kier alpha value is -2.79. The Labute approximate surface area is 114 Å². The van der Waals surface area contributed by atoms with E-state index in [0.717, 1.165) is 35.5 Å². The lowest BCUT2D eigenvalue weighted by Crippen LogP contribution is -2.25. The second kappa shape index (κ2) is 4.71. The maximum Gasteiger partial charge on any atom is 0.223 e. The van der Waals surface area contributed by atoms with Gasteiger partial charge in [-0.2, -0.15) is 5.10 Å². The van der Waals surface area contributed by atoms with Crippen LogP contribution >= 0.6 is 0 Å². The molecule has 0 spiro atoms. The first-order valence-electron chi connectivity index (χ1n) is 6.21. The van der Waals surface area contributed by atoms with E-state index < -0.39 is 0 Å². The predicted molar refractivity (Wildman–Crippen MR) is 74.6 cm³/mol. The van der Waals surface area contributed by atoms with Crippen molar-refractivity contribution in [1.82, 2.24) is 10.2 Å². The minimum absolute atomic E-state index is 0.0573. The number of benzene rings is 1. The highest BCUT2D eigenvalue weighted by molar-refractivity contribution is 5.94. The van der Waals surface area contributed by atoms with E-state index in [1.54, 1.807) is 17.9 Å². The molecule has 0 radical (unpaired) electrons. The molecule has 3 rings (SSSR count). The quantitative estimate of drug-likeness (QED) is 0.514. The van der Waals surface area contributed by atoms with Crippen molar-refractivity contribution in [3.05, 3.63) is 40.3 Å². The molecule has 100 valence electrons. The van der Waals surface area contributed by atoms with E-state index in [9.17, 15) is 4.79 Å². The van der Waals surface area contributed by atoms with Crippen LogP contribution in [0.5, 0.6) is 0 Å². The molecule has 0 saturated heterocycles. The average molecular weight is 268 g/mol. The zero-order valence-electron chi connectivity index (χ0n) is 10.9. The van der Waals surface area contributed by atoms with Crippen LogP contribution in [0.3, 0.4) is 0 Å². The summed E-state index contributed by atoms with van der Waals surface area (Å²) in [6.45, 7) is 2.29. The summed E-state index contributed by atoms with van der Waals surface area (Å²) in [7, 11) is 0. The van der Waals surface area contributed by atoms with Crippen LogP contribution in [0.1, 0.15) is 12.5 Å². The molecule has 0 aliphatic carbocycles. The van der Waals surface area contributed by atoms with Crippen molar-refractivity contribution < 1.29 is 4.79 Å². The van der Waals surface area contributed by atoms with Gasteiger partial charge in [-0.25, -0.2) is 0 Å². The Bertz CT molecular complexity index is 728. The maximum absolute atomic E-state index is 11.5. The van der Waals surface area contributed by atoms with Gasteiger partial charge in [0.15, 0.2) is 0 Å². The van der Waals surface area contributed by atoms with Gasteiger partial charge < -0.3 is 4.90 Å². The molecule has 1 aliphatic heterocycles. The van der Waals surface area contributed by atoms with Gasteiger partial charge in [-0.1, -0.05) is 6.07 Å². The first kappa shape index (κ1) is 12.3. The second-order valence-corrected chi connectivity index (χ2v) is 4.59. The first-order valence-corrected chi connectivity index (χ1v) is 6.21. The fraction of sp³-hybridized carbons (Fsp3) is 0.231. The predicted octanol–water partition coefficient (Wildman–Crippen LogP) is 2.93. The molecule has 2 heterocycles. The van der Waals surface area contributed by atoms with E-state index >= 15 is 0 Å². The van der Waals surface area contributed by atoms with E-state index in [4.69, 9.17) is 5.53 Å². The third-order valence-electron chi connectivity index (χ3n) is 3.37. The number of aromatic amines is 1. The zero-order chi connectivity index (χ0) is 14.1. The number of nitrogens with zero attached hydrogens (tertiary/aromatic N) is 5. The molecule has 1 N–H and O–H groups in total. The highest BCUT2D eigenvalue weighted by atomic mass is 16.2. The second-order valence-electron chi connectivity index (χ2n) is 4.59. The van der Waals surface area contributed by atoms with Crippen molar-refractivity contribution in [3.63, 3.8) is 0 Å². The molecule has 1 amide bonds. The molecule has 0 bridgehead atoms. The van der Waals surface area contributed by atoms with Crippen molar-refractivity contribution in [1.29, 1.82) is 0 Å². The maximum atomic E-state index is 11.5. The molecular formula is C13H12N6O. The summed E-state index contributed by atoms with van der Waals surface area (Å²) < 4.78 is 0. The van der Waals surface area contributed by atoms with E-state index in [2.05, 4.69) is 20.2 Å². The summed E-state index contributed by atoms with van der Waals surface area (Å²) in [5.41, 5.74) is 12.1. The molecule has 1 aromatic carbocycles. The van der Waals surface area contributed by atoms with Crippen LogP contribution in [0, 0.1) is 0 Å². The number of carbonyl (C=O) groups excluding carboxylic acids is 1. The van der Waals surface area contributed by atoms with Gasteiger partial charge in [0.05, 0.1) is 5.69 Å². The Morgan fingerprint density at radius 2 is 2.35 bits per heavy atom. The van der Waals surface area contributed by atoms with E-state index in [1.165, 1.54) is 0 Å². The molecule has 1 aromatic heterocycles. The number of hydrogen-bond donors (Lipinski definition) is 1. The smallest absolute Gasteiger partial charge is 0.223 e. The number of nitrogens with one attached hydrogen (secondary N) is 1. The third kappa shape index (κ3) is 2.00. The van der Waals surface area contributed by atoms with Crippen molar-refractivity contribution in [2.45, 2.75) is 13.3 Å². The molecule has 7 heteroatoms. The number of carbonyl (C=O) groups is 1. The lowest BCUT2D eigenvalue weighted by Gasteiger charge is -2.14. The Morgan fingerprint density at radius 3 is 3.10 bits per heavy atom. The van der Waals surface area contributed by atoms with E-state index in [1.807, 2.05) is 18.2 Å². The van der Waals surface area contributed by atoms with Crippen LogP contribution in [0.15, 0.2) is 29.4 Å². The average Bonchev–Trinajstić information content (AvgIpc) is 3.04. The molecule has 0 saturated carbocycles. The van der Waals surface area contributed by atoms with Crippen LogP contribution in [0.2, 0.25) is 0 Å². The van der Waals surface area contributed by atoms with E-state index in [-0.39, 0.29) is 5.91 Å². The Kier molecular flexibility index (Phi) is 2.89.